The van der Waals surface area contributed by atoms with Gasteiger partial charge in [-0.3, -0.25) is 0 Å². The molecule has 0 spiro atoms. The number of ketones is 1. The maximum absolute atomic E-state index is 10.8. The van der Waals surface area contributed by atoms with E-state index in [0.717, 1.165) is 24.4 Å². The molecule has 0 bridgehead atoms. The summed E-state index contributed by atoms with van der Waals surface area (Å²) in [6.07, 6.45) is 2.19. The molecule has 0 aromatic heterocycles. The SMILES string of the molecule is C=C1CC(CC(C)=O)CC(=C)O1. The quantitative estimate of drug-likeness (QED) is 0.629. The van der Waals surface area contributed by atoms with E-state index in [2.05, 4.69) is 13.2 Å². The van der Waals surface area contributed by atoms with Gasteiger partial charge in [-0.05, 0) is 12.8 Å². The fourth-order valence-electron chi connectivity index (χ4n) is 1.55. The maximum atomic E-state index is 10.8. The second-order valence-electron chi connectivity index (χ2n) is 3.36. The summed E-state index contributed by atoms with van der Waals surface area (Å²) in [5.41, 5.74) is 0. The van der Waals surface area contributed by atoms with Crippen molar-refractivity contribution in [1.29, 1.82) is 0 Å². The van der Waals surface area contributed by atoms with Crippen LogP contribution >= 0.6 is 0 Å². The van der Waals surface area contributed by atoms with E-state index < -0.39 is 0 Å². The van der Waals surface area contributed by atoms with Crippen molar-refractivity contribution in [3.63, 3.8) is 0 Å². The van der Waals surface area contributed by atoms with Crippen LogP contribution in [0.3, 0.4) is 0 Å². The van der Waals surface area contributed by atoms with Crippen molar-refractivity contribution in [3.8, 4) is 0 Å². The lowest BCUT2D eigenvalue weighted by atomic mass is 9.92. The lowest BCUT2D eigenvalue weighted by Crippen LogP contribution is -2.14. The zero-order valence-corrected chi connectivity index (χ0v) is 7.43. The fraction of sp³-hybridized carbons (Fsp3) is 0.500. The molecule has 0 saturated carbocycles. The summed E-state index contributed by atoms with van der Waals surface area (Å²) < 4.78 is 5.20. The Kier molecular flexibility index (Phi) is 2.69. The third-order valence-electron chi connectivity index (χ3n) is 1.90. The van der Waals surface area contributed by atoms with E-state index in [1.807, 2.05) is 0 Å². The maximum Gasteiger partial charge on any atom is 0.130 e. The highest BCUT2D eigenvalue weighted by Crippen LogP contribution is 2.30. The van der Waals surface area contributed by atoms with E-state index in [1.54, 1.807) is 6.92 Å². The van der Waals surface area contributed by atoms with Crippen molar-refractivity contribution in [2.24, 2.45) is 5.92 Å². The van der Waals surface area contributed by atoms with Gasteiger partial charge in [-0.25, -0.2) is 0 Å². The zero-order chi connectivity index (χ0) is 9.14. The molecule has 1 heterocycles. The van der Waals surface area contributed by atoms with Gasteiger partial charge in [0.25, 0.3) is 0 Å². The number of Topliss-reactive ketones (excluding diaryl/α,β-unsaturated/α-hetero) is 1. The number of ether oxygens (including phenoxy) is 1. The van der Waals surface area contributed by atoms with Crippen LogP contribution in [0.1, 0.15) is 26.2 Å². The number of rotatable bonds is 2. The Bertz CT molecular complexity index is 209. The first-order chi connectivity index (χ1) is 5.58. The van der Waals surface area contributed by atoms with Gasteiger partial charge in [0, 0.05) is 19.3 Å². The van der Waals surface area contributed by atoms with Crippen molar-refractivity contribution in [1.82, 2.24) is 0 Å². The van der Waals surface area contributed by atoms with Crippen molar-refractivity contribution >= 4 is 5.78 Å². The summed E-state index contributed by atoms with van der Waals surface area (Å²) in [5.74, 6) is 2.05. The predicted molar refractivity (Wildman–Crippen MR) is 47.4 cm³/mol. The second kappa shape index (κ2) is 3.57. The molecule has 2 heteroatoms. The highest BCUT2D eigenvalue weighted by Gasteiger charge is 2.20. The van der Waals surface area contributed by atoms with Gasteiger partial charge in [-0.2, -0.15) is 0 Å². The first-order valence-corrected chi connectivity index (χ1v) is 4.10. The lowest BCUT2D eigenvalue weighted by molar-refractivity contribution is -0.118. The van der Waals surface area contributed by atoms with Crippen molar-refractivity contribution in [3.05, 3.63) is 24.7 Å². The number of carbonyl (C=O) groups excluding carboxylic acids is 1. The van der Waals surface area contributed by atoms with Crippen LogP contribution in [0, 0.1) is 5.92 Å². The Hall–Kier alpha value is -1.05. The van der Waals surface area contributed by atoms with Crippen LogP contribution < -0.4 is 0 Å². The highest BCUT2D eigenvalue weighted by molar-refractivity contribution is 5.75. The molecule has 0 aromatic rings. The molecule has 0 N–H and O–H groups in total. The summed E-state index contributed by atoms with van der Waals surface area (Å²) in [7, 11) is 0. The Balaban J connectivity index is 2.49. The van der Waals surface area contributed by atoms with E-state index in [4.69, 9.17) is 4.74 Å². The molecule has 0 amide bonds. The van der Waals surface area contributed by atoms with E-state index in [0.29, 0.717) is 12.3 Å². The van der Waals surface area contributed by atoms with Gasteiger partial charge < -0.3 is 9.53 Å². The molecule has 12 heavy (non-hydrogen) atoms. The molecule has 1 aliphatic heterocycles. The Morgan fingerprint density at radius 1 is 1.50 bits per heavy atom. The zero-order valence-electron chi connectivity index (χ0n) is 7.43. The minimum atomic E-state index is 0.225. The summed E-state index contributed by atoms with van der Waals surface area (Å²) in [6, 6.07) is 0. The Morgan fingerprint density at radius 3 is 2.42 bits per heavy atom. The Morgan fingerprint density at radius 2 is 2.00 bits per heavy atom. The highest BCUT2D eigenvalue weighted by atomic mass is 16.5. The molecule has 1 fully saturated rings. The lowest BCUT2D eigenvalue weighted by Gasteiger charge is -2.24. The first-order valence-electron chi connectivity index (χ1n) is 4.10. The first kappa shape index (κ1) is 9.04. The topological polar surface area (TPSA) is 26.3 Å². The minimum Gasteiger partial charge on any atom is -0.467 e. The van der Waals surface area contributed by atoms with Crippen LogP contribution in [-0.4, -0.2) is 5.78 Å². The van der Waals surface area contributed by atoms with Gasteiger partial charge in [0.15, 0.2) is 0 Å². The molecule has 0 unspecified atom stereocenters. The van der Waals surface area contributed by atoms with Crippen molar-refractivity contribution < 1.29 is 9.53 Å². The van der Waals surface area contributed by atoms with Crippen LogP contribution in [0.5, 0.6) is 0 Å². The molecule has 0 radical (unpaired) electrons. The van der Waals surface area contributed by atoms with Gasteiger partial charge in [0.2, 0.25) is 0 Å². The number of carbonyl (C=O) groups is 1. The third-order valence-corrected chi connectivity index (χ3v) is 1.90. The van der Waals surface area contributed by atoms with E-state index in [1.165, 1.54) is 0 Å². The summed E-state index contributed by atoms with van der Waals surface area (Å²) in [5, 5.41) is 0. The van der Waals surface area contributed by atoms with Crippen LogP contribution in [0.4, 0.5) is 0 Å². The average molecular weight is 166 g/mol. The Labute approximate surface area is 72.9 Å². The molecule has 66 valence electrons. The normalized spacial score (nSPS) is 19.1. The van der Waals surface area contributed by atoms with Gasteiger partial charge >= 0.3 is 0 Å². The average Bonchev–Trinajstić information content (AvgIpc) is 1.81. The summed E-state index contributed by atoms with van der Waals surface area (Å²) >= 11 is 0. The molecule has 2 nitrogen and oxygen atoms in total. The summed E-state index contributed by atoms with van der Waals surface area (Å²) in [4.78, 5) is 10.8. The third kappa shape index (κ3) is 2.53. The van der Waals surface area contributed by atoms with Crippen LogP contribution in [0.2, 0.25) is 0 Å². The molecule has 0 aromatic carbocycles. The largest absolute Gasteiger partial charge is 0.467 e. The molecular formula is C10H14O2. The number of allylic oxidation sites excluding steroid dienone is 2. The molecule has 1 rings (SSSR count). The van der Waals surface area contributed by atoms with E-state index in [9.17, 15) is 4.79 Å². The van der Waals surface area contributed by atoms with Crippen molar-refractivity contribution in [2.45, 2.75) is 26.2 Å². The second-order valence-corrected chi connectivity index (χ2v) is 3.36. The predicted octanol–water partition coefficient (Wildman–Crippen LogP) is 2.42. The fourth-order valence-corrected chi connectivity index (χ4v) is 1.55. The van der Waals surface area contributed by atoms with Gasteiger partial charge in [-0.15, -0.1) is 0 Å². The van der Waals surface area contributed by atoms with Crippen molar-refractivity contribution in [2.75, 3.05) is 0 Å². The molecule has 0 atom stereocenters. The van der Waals surface area contributed by atoms with E-state index in [-0.39, 0.29) is 5.78 Å². The van der Waals surface area contributed by atoms with Gasteiger partial charge in [0.05, 0.1) is 11.5 Å². The number of hydrogen-bond donors (Lipinski definition) is 0. The molecule has 1 saturated heterocycles. The monoisotopic (exact) mass is 166 g/mol. The molecular weight excluding hydrogens is 152 g/mol. The molecule has 0 aliphatic carbocycles. The number of hydrogen-bond acceptors (Lipinski definition) is 2. The van der Waals surface area contributed by atoms with Crippen LogP contribution in [-0.2, 0) is 9.53 Å². The van der Waals surface area contributed by atoms with Gasteiger partial charge in [0.1, 0.15) is 5.78 Å². The minimum absolute atomic E-state index is 0.225. The smallest absolute Gasteiger partial charge is 0.130 e. The summed E-state index contributed by atoms with van der Waals surface area (Å²) in [6.45, 7) is 9.07. The van der Waals surface area contributed by atoms with Crippen LogP contribution in [0.15, 0.2) is 24.7 Å². The standard InChI is InChI=1S/C10H14O2/c1-7(11)4-10-5-8(2)12-9(3)6-10/h10H,2-6H2,1H3. The van der Waals surface area contributed by atoms with Gasteiger partial charge in [-0.1, -0.05) is 13.2 Å². The van der Waals surface area contributed by atoms with Crippen LogP contribution in [0.25, 0.3) is 0 Å². The molecule has 1 aliphatic rings. The van der Waals surface area contributed by atoms with E-state index >= 15 is 0 Å².